The zero-order chi connectivity index (χ0) is 7.54. The fourth-order valence-electron chi connectivity index (χ4n) is 0.340. The van der Waals surface area contributed by atoms with Crippen molar-refractivity contribution in [1.82, 2.24) is 0 Å². The molecule has 0 amide bonds. The second kappa shape index (κ2) is 23.4. The third-order valence-corrected chi connectivity index (χ3v) is 0.586. The van der Waals surface area contributed by atoms with Crippen molar-refractivity contribution in [1.29, 1.82) is 0 Å². The van der Waals surface area contributed by atoms with Gasteiger partial charge < -0.3 is 11.7 Å². The minimum absolute atomic E-state index is 0. The van der Waals surface area contributed by atoms with Crippen LogP contribution in [0.15, 0.2) is 18.2 Å². The Morgan fingerprint density at radius 1 is 1.50 bits per heavy atom. The summed E-state index contributed by atoms with van der Waals surface area (Å²) in [6.45, 7) is 7.00. The molecule has 1 rings (SSSR count). The zero-order valence-electron chi connectivity index (χ0n) is 6.08. The molecule has 2 heteroatoms. The van der Waals surface area contributed by atoms with Gasteiger partial charge in [0.2, 0.25) is 0 Å². The number of allylic oxidation sites excluding steroid dienone is 4. The molecule has 10 heavy (non-hydrogen) atoms. The van der Waals surface area contributed by atoms with Crippen LogP contribution in [0.4, 0.5) is 0 Å². The molecule has 1 aliphatic rings. The van der Waals surface area contributed by atoms with E-state index in [-0.39, 0.29) is 16.5 Å². The molecule has 0 atom stereocenters. The van der Waals surface area contributed by atoms with Crippen LogP contribution in [0.25, 0.3) is 0 Å². The van der Waals surface area contributed by atoms with Gasteiger partial charge in [-0.2, -0.15) is 13.0 Å². The fourth-order valence-corrected chi connectivity index (χ4v) is 0.340. The van der Waals surface area contributed by atoms with Crippen molar-refractivity contribution in [3.8, 4) is 0 Å². The molecule has 0 bridgehead atoms. The van der Waals surface area contributed by atoms with Gasteiger partial charge in [0.25, 0.3) is 0 Å². The minimum Gasteiger partial charge on any atom is -0.346 e. The first kappa shape index (κ1) is 16.3. The molecule has 0 fully saturated rings. The Bertz CT molecular complexity index is 77.3. The van der Waals surface area contributed by atoms with E-state index in [1.54, 1.807) is 6.92 Å². The van der Waals surface area contributed by atoms with Crippen molar-refractivity contribution in [2.24, 2.45) is 0 Å². The molecule has 0 aromatic heterocycles. The third kappa shape index (κ3) is 15.6. The van der Waals surface area contributed by atoms with Crippen LogP contribution < -0.4 is 0 Å². The standard InChI is InChI=1S/C5H5.C2H5.CH2O.Ni/c1-2-4-5-3-1;2*1-2;/h1-3H,4H2;1H2,2H3;1H2;/q2*-1;;+2. The quantitative estimate of drug-likeness (QED) is 0.414. The van der Waals surface area contributed by atoms with Crippen LogP contribution in [-0.2, 0) is 21.3 Å². The van der Waals surface area contributed by atoms with Gasteiger partial charge in [0.05, 0.1) is 0 Å². The summed E-state index contributed by atoms with van der Waals surface area (Å²) in [5.41, 5.74) is 0. The molecular formula is C8H12NiO. The monoisotopic (exact) mass is 182 g/mol. The summed E-state index contributed by atoms with van der Waals surface area (Å²) in [6, 6.07) is 0. The maximum Gasteiger partial charge on any atom is 2.00 e. The Kier molecular flexibility index (Phi) is 38.2. The number of carbonyl (C=O) groups is 1. The SMILES string of the molecule is C=O.[C-]1=CC=CC1.[CH2-]C.[Ni+2]. The van der Waals surface area contributed by atoms with Crippen LogP contribution in [0, 0.1) is 13.0 Å². The average Bonchev–Trinajstić information content (AvgIpc) is 2.51. The van der Waals surface area contributed by atoms with Gasteiger partial charge in [0.15, 0.2) is 0 Å². The summed E-state index contributed by atoms with van der Waals surface area (Å²) in [5.74, 6) is 0. The largest absolute Gasteiger partial charge is 2.00 e. The van der Waals surface area contributed by atoms with E-state index in [1.165, 1.54) is 0 Å². The van der Waals surface area contributed by atoms with Gasteiger partial charge >= 0.3 is 16.5 Å². The predicted octanol–water partition coefficient (Wildman–Crippen LogP) is 1.96. The van der Waals surface area contributed by atoms with Gasteiger partial charge in [0, 0.05) is 0 Å². The number of hydrogen-bond donors (Lipinski definition) is 0. The first-order valence-corrected chi connectivity index (χ1v) is 2.71. The van der Waals surface area contributed by atoms with Crippen molar-refractivity contribution < 1.29 is 21.3 Å². The molecule has 0 N–H and O–H groups in total. The van der Waals surface area contributed by atoms with Crippen molar-refractivity contribution >= 4 is 6.79 Å². The first-order valence-electron chi connectivity index (χ1n) is 2.71. The molecule has 1 nitrogen and oxygen atoms in total. The molecule has 0 saturated heterocycles. The Morgan fingerprint density at radius 3 is 2.10 bits per heavy atom. The molecule has 0 aromatic rings. The molecule has 0 aromatic carbocycles. The van der Waals surface area contributed by atoms with Gasteiger partial charge in [-0.05, 0) is 0 Å². The maximum absolute atomic E-state index is 8.00. The molecule has 1 aliphatic carbocycles. The number of carbonyl (C=O) groups excluding carboxylic acids is 1. The smallest absolute Gasteiger partial charge is 0.346 e. The molecule has 0 spiro atoms. The predicted molar refractivity (Wildman–Crippen MR) is 39.7 cm³/mol. The summed E-state index contributed by atoms with van der Waals surface area (Å²) in [7, 11) is 0. The zero-order valence-corrected chi connectivity index (χ0v) is 7.07. The third-order valence-electron chi connectivity index (χ3n) is 0.586. The van der Waals surface area contributed by atoms with Crippen LogP contribution in [0.3, 0.4) is 0 Å². The molecule has 0 unspecified atom stereocenters. The van der Waals surface area contributed by atoms with Gasteiger partial charge in [-0.1, -0.05) is 0 Å². The Balaban J connectivity index is -0.0000000875. The van der Waals surface area contributed by atoms with E-state index >= 15 is 0 Å². The van der Waals surface area contributed by atoms with Crippen molar-refractivity contribution in [2.75, 3.05) is 0 Å². The first-order chi connectivity index (χ1) is 4.50. The Morgan fingerprint density at radius 2 is 2.00 bits per heavy atom. The second-order valence-corrected chi connectivity index (χ2v) is 1.00. The summed E-state index contributed by atoms with van der Waals surface area (Å²) in [5, 5.41) is 0. The summed E-state index contributed by atoms with van der Waals surface area (Å²) < 4.78 is 0. The van der Waals surface area contributed by atoms with E-state index in [4.69, 9.17) is 4.79 Å². The van der Waals surface area contributed by atoms with E-state index in [9.17, 15) is 0 Å². The van der Waals surface area contributed by atoms with Gasteiger partial charge in [-0.25, -0.2) is 12.2 Å². The van der Waals surface area contributed by atoms with Gasteiger partial charge in [0.1, 0.15) is 6.79 Å². The fraction of sp³-hybridized carbons (Fsp3) is 0.250. The van der Waals surface area contributed by atoms with E-state index in [1.807, 2.05) is 18.9 Å². The molecule has 0 radical (unpaired) electrons. The van der Waals surface area contributed by atoms with Crippen LogP contribution in [0.2, 0.25) is 0 Å². The normalized spacial score (nSPS) is 9.80. The minimum atomic E-state index is 0. The average molecular weight is 183 g/mol. The van der Waals surface area contributed by atoms with Crippen molar-refractivity contribution in [3.05, 3.63) is 31.2 Å². The van der Waals surface area contributed by atoms with Crippen LogP contribution in [0.5, 0.6) is 0 Å². The van der Waals surface area contributed by atoms with E-state index in [0.717, 1.165) is 6.42 Å². The maximum atomic E-state index is 8.00. The number of rotatable bonds is 0. The molecule has 60 valence electrons. The topological polar surface area (TPSA) is 17.1 Å². The Hall–Kier alpha value is -0.356. The summed E-state index contributed by atoms with van der Waals surface area (Å²) in [6.07, 6.45) is 10.0. The summed E-state index contributed by atoms with van der Waals surface area (Å²) >= 11 is 0. The summed E-state index contributed by atoms with van der Waals surface area (Å²) in [4.78, 5) is 8.00. The molecule has 0 aliphatic heterocycles. The molecule has 0 saturated carbocycles. The molecular weight excluding hydrogens is 171 g/mol. The van der Waals surface area contributed by atoms with Crippen LogP contribution >= 0.6 is 0 Å². The van der Waals surface area contributed by atoms with E-state index < -0.39 is 0 Å². The second-order valence-electron chi connectivity index (χ2n) is 1.00. The van der Waals surface area contributed by atoms with E-state index in [0.29, 0.717) is 0 Å². The van der Waals surface area contributed by atoms with Crippen LogP contribution in [0.1, 0.15) is 13.3 Å². The number of hydrogen-bond acceptors (Lipinski definition) is 1. The Labute approximate surface area is 73.1 Å². The van der Waals surface area contributed by atoms with E-state index in [2.05, 4.69) is 19.1 Å². The van der Waals surface area contributed by atoms with Gasteiger partial charge in [-0.3, -0.25) is 6.08 Å². The van der Waals surface area contributed by atoms with Crippen molar-refractivity contribution in [3.63, 3.8) is 0 Å². The van der Waals surface area contributed by atoms with Crippen molar-refractivity contribution in [2.45, 2.75) is 13.3 Å². The van der Waals surface area contributed by atoms with Crippen LogP contribution in [-0.4, -0.2) is 6.79 Å². The van der Waals surface area contributed by atoms with Gasteiger partial charge in [-0.15, -0.1) is 6.42 Å². The molecule has 0 heterocycles.